The summed E-state index contributed by atoms with van der Waals surface area (Å²) in [5, 5.41) is 21.6. The molecule has 5 rings (SSSR count). The van der Waals surface area contributed by atoms with Crippen molar-refractivity contribution in [1.82, 2.24) is 0 Å². The number of aliphatic hydroxyl groups excluding tert-OH is 1. The molecule has 5 aliphatic rings. The second-order valence-corrected chi connectivity index (χ2v) is 9.96. The fourth-order valence-electron chi connectivity index (χ4n) is 7.82. The van der Waals surface area contributed by atoms with Gasteiger partial charge in [0.05, 0.1) is 12.8 Å². The van der Waals surface area contributed by atoms with Gasteiger partial charge in [-0.2, -0.15) is 0 Å². The lowest BCUT2D eigenvalue weighted by Crippen LogP contribution is -2.69. The summed E-state index contributed by atoms with van der Waals surface area (Å²) in [5.74, 6) is -2.58. The van der Waals surface area contributed by atoms with Gasteiger partial charge in [0.1, 0.15) is 19.1 Å². The number of hydrogen-bond donors (Lipinski definition) is 2. The number of halogens is 2. The van der Waals surface area contributed by atoms with Gasteiger partial charge in [0, 0.05) is 16.2 Å². The molecule has 1 saturated heterocycles. The summed E-state index contributed by atoms with van der Waals surface area (Å²) < 4.78 is 41.7. The highest BCUT2D eigenvalue weighted by atomic mass is 19.1. The number of carboxylic acids is 1. The standard InChI is InChI=1S/C22H26F2O6/c1-19-4-3-11(25)5-14(19)15(24)6-13-12-7-17-22(18(27)28,30-10-29-17)20(12,2)8-16(26)21(13,19)9-23/h3-5,12-13,15-17,26H,6-10H2,1-2H3,(H,27,28)/t12-,13-,15-,16-,17+,19-,20-,21+,22-/m0/s1. The fraction of sp³-hybridized carbons (Fsp3) is 0.727. The minimum Gasteiger partial charge on any atom is -0.479 e. The first-order chi connectivity index (χ1) is 14.1. The smallest absolute Gasteiger partial charge is 0.339 e. The van der Waals surface area contributed by atoms with E-state index in [4.69, 9.17) is 9.47 Å². The van der Waals surface area contributed by atoms with Crippen molar-refractivity contribution in [3.63, 3.8) is 0 Å². The lowest BCUT2D eigenvalue weighted by Gasteiger charge is -2.65. The van der Waals surface area contributed by atoms with Crippen molar-refractivity contribution in [3.8, 4) is 0 Å². The van der Waals surface area contributed by atoms with Gasteiger partial charge in [-0.25, -0.2) is 9.18 Å². The van der Waals surface area contributed by atoms with Crippen molar-refractivity contribution >= 4 is 11.8 Å². The Bertz CT molecular complexity index is 887. The van der Waals surface area contributed by atoms with E-state index in [-0.39, 0.29) is 31.0 Å². The summed E-state index contributed by atoms with van der Waals surface area (Å²) in [6.45, 7) is 2.36. The number of ether oxygens (including phenoxy) is 2. The number of carbonyl (C=O) groups excluding carboxylic acids is 1. The van der Waals surface area contributed by atoms with Crippen LogP contribution in [0.25, 0.3) is 0 Å². The Morgan fingerprint density at radius 2 is 2.03 bits per heavy atom. The second-order valence-electron chi connectivity index (χ2n) is 9.96. The monoisotopic (exact) mass is 424 g/mol. The van der Waals surface area contributed by atoms with Gasteiger partial charge in [-0.3, -0.25) is 9.18 Å². The van der Waals surface area contributed by atoms with Gasteiger partial charge in [0.2, 0.25) is 0 Å². The number of aliphatic hydroxyl groups is 1. The van der Waals surface area contributed by atoms with Crippen LogP contribution in [0.3, 0.4) is 0 Å². The number of ketones is 1. The molecule has 0 aromatic heterocycles. The third-order valence-electron chi connectivity index (χ3n) is 9.29. The van der Waals surface area contributed by atoms with E-state index >= 15 is 8.78 Å². The van der Waals surface area contributed by atoms with Crippen LogP contribution in [-0.2, 0) is 19.1 Å². The Labute approximate surface area is 172 Å². The summed E-state index contributed by atoms with van der Waals surface area (Å²) in [4.78, 5) is 24.3. The van der Waals surface area contributed by atoms with Crippen molar-refractivity contribution in [2.75, 3.05) is 13.5 Å². The van der Waals surface area contributed by atoms with Crippen molar-refractivity contribution in [2.24, 2.45) is 28.1 Å². The van der Waals surface area contributed by atoms with Gasteiger partial charge in [-0.1, -0.05) is 19.9 Å². The van der Waals surface area contributed by atoms with Crippen LogP contribution < -0.4 is 0 Å². The molecule has 1 aliphatic heterocycles. The molecule has 0 bridgehead atoms. The van der Waals surface area contributed by atoms with E-state index in [0.29, 0.717) is 6.42 Å². The largest absolute Gasteiger partial charge is 0.479 e. The lowest BCUT2D eigenvalue weighted by atomic mass is 9.39. The first-order valence-corrected chi connectivity index (χ1v) is 10.4. The van der Waals surface area contributed by atoms with E-state index in [9.17, 15) is 19.8 Å². The SMILES string of the molecule is C[C@]12C=CC(=O)C=C1[C@@H](F)C[C@H]1[C@@H]3C[C@H]4OCO[C@@]4(C(=O)O)[C@@]3(C)C[C@H](O)[C@@]12CF. The summed E-state index contributed by atoms with van der Waals surface area (Å²) in [5.41, 5.74) is -5.04. The van der Waals surface area contributed by atoms with E-state index in [2.05, 4.69) is 0 Å². The molecule has 0 spiro atoms. The number of hydrogen-bond acceptors (Lipinski definition) is 5. The zero-order valence-electron chi connectivity index (χ0n) is 16.9. The molecule has 0 aromatic rings. The summed E-state index contributed by atoms with van der Waals surface area (Å²) in [7, 11) is 0. The Morgan fingerprint density at radius 1 is 1.30 bits per heavy atom. The second kappa shape index (κ2) is 5.99. The predicted molar refractivity (Wildman–Crippen MR) is 99.8 cm³/mol. The number of carboxylic acid groups (broad SMARTS) is 1. The van der Waals surface area contributed by atoms with Crippen LogP contribution in [0.4, 0.5) is 8.78 Å². The maximum atomic E-state index is 15.4. The Kier molecular flexibility index (Phi) is 4.04. The molecular formula is C22H26F2O6. The molecule has 4 fully saturated rings. The zero-order chi connectivity index (χ0) is 21.7. The summed E-state index contributed by atoms with van der Waals surface area (Å²) >= 11 is 0. The highest BCUT2D eigenvalue weighted by molar-refractivity contribution is 6.01. The molecule has 9 atom stereocenters. The molecule has 1 heterocycles. The van der Waals surface area contributed by atoms with Crippen molar-refractivity contribution in [1.29, 1.82) is 0 Å². The van der Waals surface area contributed by atoms with Gasteiger partial charge in [-0.15, -0.1) is 0 Å². The van der Waals surface area contributed by atoms with Gasteiger partial charge in [0.25, 0.3) is 0 Å². The van der Waals surface area contributed by atoms with Crippen LogP contribution >= 0.6 is 0 Å². The molecule has 6 nitrogen and oxygen atoms in total. The number of fused-ring (bicyclic) bond motifs is 7. The van der Waals surface area contributed by atoms with Crippen LogP contribution in [0.15, 0.2) is 23.8 Å². The Balaban J connectivity index is 1.69. The molecular weight excluding hydrogens is 398 g/mol. The first kappa shape index (κ1) is 20.3. The van der Waals surface area contributed by atoms with Crippen LogP contribution in [0.2, 0.25) is 0 Å². The van der Waals surface area contributed by atoms with E-state index in [1.54, 1.807) is 13.8 Å². The van der Waals surface area contributed by atoms with Gasteiger partial charge in [-0.05, 0) is 48.8 Å². The molecule has 0 aromatic carbocycles. The lowest BCUT2D eigenvalue weighted by molar-refractivity contribution is -0.230. The molecule has 4 aliphatic carbocycles. The Morgan fingerprint density at radius 3 is 2.70 bits per heavy atom. The van der Waals surface area contributed by atoms with Gasteiger partial charge in [0.15, 0.2) is 11.4 Å². The third kappa shape index (κ3) is 1.95. The predicted octanol–water partition coefficient (Wildman–Crippen LogP) is 2.36. The molecule has 8 heteroatoms. The Hall–Kier alpha value is -1.64. The van der Waals surface area contributed by atoms with Crippen LogP contribution in [-0.4, -0.2) is 59.4 Å². The average molecular weight is 424 g/mol. The average Bonchev–Trinajstić information content (AvgIpc) is 3.21. The highest BCUT2D eigenvalue weighted by Crippen LogP contribution is 2.73. The van der Waals surface area contributed by atoms with Crippen LogP contribution in [0, 0.1) is 28.1 Å². The zero-order valence-corrected chi connectivity index (χ0v) is 16.9. The quantitative estimate of drug-likeness (QED) is 0.707. The van der Waals surface area contributed by atoms with E-state index < -0.39 is 64.7 Å². The highest BCUT2D eigenvalue weighted by Gasteiger charge is 2.79. The molecule has 0 unspecified atom stereocenters. The molecule has 164 valence electrons. The van der Waals surface area contributed by atoms with Gasteiger partial charge >= 0.3 is 5.97 Å². The van der Waals surface area contributed by atoms with Crippen molar-refractivity contribution in [2.45, 2.75) is 57.1 Å². The topological polar surface area (TPSA) is 93.1 Å². The van der Waals surface area contributed by atoms with E-state index in [1.165, 1.54) is 18.2 Å². The molecule has 3 saturated carbocycles. The summed E-state index contributed by atoms with van der Waals surface area (Å²) in [6, 6.07) is 0. The first-order valence-electron chi connectivity index (χ1n) is 10.4. The molecule has 0 radical (unpaired) electrons. The number of allylic oxidation sites excluding steroid dienone is 4. The molecule has 0 amide bonds. The van der Waals surface area contributed by atoms with Crippen molar-refractivity contribution < 1.29 is 38.1 Å². The van der Waals surface area contributed by atoms with Crippen LogP contribution in [0.5, 0.6) is 0 Å². The summed E-state index contributed by atoms with van der Waals surface area (Å²) in [6.07, 6.45) is 0.824. The number of carbonyl (C=O) groups is 2. The molecule has 2 N–H and O–H groups in total. The number of aliphatic carboxylic acids is 1. The minimum atomic E-state index is -1.65. The number of alkyl halides is 2. The van der Waals surface area contributed by atoms with Gasteiger partial charge < -0.3 is 19.7 Å². The van der Waals surface area contributed by atoms with Crippen molar-refractivity contribution in [3.05, 3.63) is 23.8 Å². The maximum Gasteiger partial charge on any atom is 0.339 e. The minimum absolute atomic E-state index is 0.00808. The normalized spacial score (nSPS) is 54.1. The maximum absolute atomic E-state index is 15.4. The van der Waals surface area contributed by atoms with Crippen LogP contribution in [0.1, 0.15) is 33.1 Å². The molecule has 30 heavy (non-hydrogen) atoms. The third-order valence-corrected chi connectivity index (χ3v) is 9.29. The number of rotatable bonds is 2. The van der Waals surface area contributed by atoms with E-state index in [1.807, 2.05) is 0 Å². The van der Waals surface area contributed by atoms with E-state index in [0.717, 1.165) is 0 Å². The fourth-order valence-corrected chi connectivity index (χ4v) is 7.82.